The average Bonchev–Trinajstić information content (AvgIpc) is 2.67. The van der Waals surface area contributed by atoms with Gasteiger partial charge in [0.25, 0.3) is 0 Å². The van der Waals surface area contributed by atoms with E-state index in [9.17, 15) is 18.0 Å². The molecule has 2 aromatic carbocycles. The molecule has 0 saturated heterocycles. The van der Waals surface area contributed by atoms with Gasteiger partial charge in [-0.3, -0.25) is 9.59 Å². The highest BCUT2D eigenvalue weighted by atomic mass is 79.9. The summed E-state index contributed by atoms with van der Waals surface area (Å²) in [5, 5.41) is 5.19. The molecule has 1 atom stereocenters. The number of rotatable bonds is 8. The molecule has 0 heterocycles. The Bertz CT molecular complexity index is 1010. The first-order valence-corrected chi connectivity index (χ1v) is 11.2. The molecule has 0 radical (unpaired) electrons. The number of carbonyl (C=O) groups is 2. The molecule has 0 saturated carbocycles. The maximum atomic E-state index is 12.3. The normalized spacial score (nSPS) is 12.3. The van der Waals surface area contributed by atoms with Gasteiger partial charge in [-0.2, -0.15) is 0 Å². The molecule has 0 aliphatic heterocycles. The van der Waals surface area contributed by atoms with Gasteiger partial charge in [-0.05, 0) is 55.7 Å². The van der Waals surface area contributed by atoms with Crippen LogP contribution in [-0.4, -0.2) is 33.3 Å². The molecule has 0 bridgehead atoms. The fraction of sp³-hybridized carbons (Fsp3) is 0.300. The molecule has 2 amide bonds. The number of carbonyl (C=O) groups excluding carboxylic acids is 2. The molecule has 9 heteroatoms. The Kier molecular flexibility index (Phi) is 7.95. The summed E-state index contributed by atoms with van der Waals surface area (Å²) < 4.78 is 27.7. The van der Waals surface area contributed by atoms with Crippen LogP contribution >= 0.6 is 15.9 Å². The molecule has 7 nitrogen and oxygen atoms in total. The fourth-order valence-corrected chi connectivity index (χ4v) is 4.26. The number of hydrogen-bond donors (Lipinski definition) is 3. The third kappa shape index (κ3) is 6.66. The minimum absolute atomic E-state index is 0.0911. The predicted octanol–water partition coefficient (Wildman–Crippen LogP) is 2.34. The zero-order valence-electron chi connectivity index (χ0n) is 16.5. The molecule has 29 heavy (non-hydrogen) atoms. The highest BCUT2D eigenvalue weighted by Crippen LogP contribution is 2.22. The molecule has 0 spiro atoms. The number of hydrogen-bond acceptors (Lipinski definition) is 4. The van der Waals surface area contributed by atoms with Crippen LogP contribution in [0.3, 0.4) is 0 Å². The lowest BCUT2D eigenvalue weighted by Crippen LogP contribution is -2.42. The van der Waals surface area contributed by atoms with Crippen molar-refractivity contribution in [1.29, 1.82) is 0 Å². The quantitative estimate of drug-likeness (QED) is 0.537. The van der Waals surface area contributed by atoms with Crippen molar-refractivity contribution in [2.24, 2.45) is 0 Å². The maximum absolute atomic E-state index is 12.3. The van der Waals surface area contributed by atoms with Crippen molar-refractivity contribution in [3.05, 3.63) is 63.6 Å². The van der Waals surface area contributed by atoms with Crippen molar-refractivity contribution in [3.63, 3.8) is 0 Å². The summed E-state index contributed by atoms with van der Waals surface area (Å²) in [6, 6.07) is 12.0. The molecule has 3 N–H and O–H groups in total. The van der Waals surface area contributed by atoms with E-state index in [0.717, 1.165) is 21.2 Å². The van der Waals surface area contributed by atoms with Gasteiger partial charge in [-0.25, -0.2) is 13.1 Å². The van der Waals surface area contributed by atoms with E-state index in [1.54, 1.807) is 12.1 Å². The summed E-state index contributed by atoms with van der Waals surface area (Å²) in [7, 11) is -3.81. The monoisotopic (exact) mass is 481 g/mol. The maximum Gasteiger partial charge on any atom is 0.241 e. The number of sulfonamides is 1. The van der Waals surface area contributed by atoms with E-state index in [1.807, 2.05) is 45.0 Å². The zero-order chi connectivity index (χ0) is 21.6. The summed E-state index contributed by atoms with van der Waals surface area (Å²) >= 11 is 3.43. The molecule has 2 aromatic rings. The number of aryl methyl sites for hydroxylation is 2. The lowest BCUT2D eigenvalue weighted by atomic mass is 10.1. The molecule has 2 rings (SSSR count). The second-order valence-corrected chi connectivity index (χ2v) is 9.28. The Morgan fingerprint density at radius 2 is 1.69 bits per heavy atom. The van der Waals surface area contributed by atoms with Crippen LogP contribution in [0.4, 0.5) is 0 Å². The van der Waals surface area contributed by atoms with E-state index in [2.05, 4.69) is 31.3 Å². The van der Waals surface area contributed by atoms with Crippen LogP contribution in [0, 0.1) is 13.8 Å². The lowest BCUT2D eigenvalue weighted by Gasteiger charge is -2.16. The fourth-order valence-electron chi connectivity index (χ4n) is 2.56. The lowest BCUT2D eigenvalue weighted by molar-refractivity contribution is -0.125. The van der Waals surface area contributed by atoms with Crippen molar-refractivity contribution in [2.75, 3.05) is 13.1 Å². The minimum atomic E-state index is -3.81. The van der Waals surface area contributed by atoms with Crippen LogP contribution in [0.5, 0.6) is 0 Å². The third-order valence-corrected chi connectivity index (χ3v) is 6.53. The second kappa shape index (κ2) is 10.00. The Morgan fingerprint density at radius 3 is 2.34 bits per heavy atom. The van der Waals surface area contributed by atoms with E-state index >= 15 is 0 Å². The van der Waals surface area contributed by atoms with Crippen LogP contribution in [0.25, 0.3) is 0 Å². The standard InChI is InChI=1S/C20H24BrN3O4S/c1-13-8-9-16(10-14(13)2)29(27,28)23-12-19(25)22-11-20(26)24-15(3)17-6-4-5-7-18(17)21/h4-10,15,23H,11-12H2,1-3H3,(H,22,25)(H,24,26)/t15-/m0/s1. The van der Waals surface area contributed by atoms with Gasteiger partial charge in [-0.1, -0.05) is 40.2 Å². The molecule has 156 valence electrons. The number of nitrogens with one attached hydrogen (secondary N) is 3. The molecular weight excluding hydrogens is 458 g/mol. The summed E-state index contributed by atoms with van der Waals surface area (Å²) in [4.78, 5) is 24.1. The summed E-state index contributed by atoms with van der Waals surface area (Å²) in [5.74, 6) is -0.972. The van der Waals surface area contributed by atoms with Crippen LogP contribution in [-0.2, 0) is 19.6 Å². The third-order valence-electron chi connectivity index (χ3n) is 4.41. The van der Waals surface area contributed by atoms with Gasteiger partial charge in [0.1, 0.15) is 0 Å². The van der Waals surface area contributed by atoms with Crippen LogP contribution in [0.15, 0.2) is 51.8 Å². The second-order valence-electron chi connectivity index (χ2n) is 6.66. The van der Waals surface area contributed by atoms with Crippen LogP contribution < -0.4 is 15.4 Å². The number of halogens is 1. The highest BCUT2D eigenvalue weighted by Gasteiger charge is 2.17. The number of amides is 2. The molecule has 0 aromatic heterocycles. The molecule has 0 unspecified atom stereocenters. The number of benzene rings is 2. The van der Waals surface area contributed by atoms with Gasteiger partial charge >= 0.3 is 0 Å². The van der Waals surface area contributed by atoms with E-state index in [0.29, 0.717) is 0 Å². The van der Waals surface area contributed by atoms with Gasteiger partial charge in [0.15, 0.2) is 0 Å². The SMILES string of the molecule is Cc1ccc(S(=O)(=O)NCC(=O)NCC(=O)N[C@@H](C)c2ccccc2Br)cc1C. The van der Waals surface area contributed by atoms with Gasteiger partial charge in [0, 0.05) is 4.47 Å². The molecule has 0 aliphatic rings. The van der Waals surface area contributed by atoms with Gasteiger partial charge in [0.2, 0.25) is 21.8 Å². The Hall–Kier alpha value is -2.23. The summed E-state index contributed by atoms with van der Waals surface area (Å²) in [6.45, 7) is 4.82. The largest absolute Gasteiger partial charge is 0.348 e. The van der Waals surface area contributed by atoms with Gasteiger partial charge < -0.3 is 10.6 Å². The topological polar surface area (TPSA) is 104 Å². The van der Waals surface area contributed by atoms with Crippen molar-refractivity contribution in [1.82, 2.24) is 15.4 Å². The first-order chi connectivity index (χ1) is 13.6. The van der Waals surface area contributed by atoms with Gasteiger partial charge in [0.05, 0.1) is 24.0 Å². The smallest absolute Gasteiger partial charge is 0.241 e. The van der Waals surface area contributed by atoms with Crippen molar-refractivity contribution in [3.8, 4) is 0 Å². The molecular formula is C20H24BrN3O4S. The molecule has 0 fully saturated rings. The average molecular weight is 482 g/mol. The summed E-state index contributed by atoms with van der Waals surface area (Å²) in [5.41, 5.74) is 2.73. The van der Waals surface area contributed by atoms with Crippen molar-refractivity contribution < 1.29 is 18.0 Å². The van der Waals surface area contributed by atoms with Gasteiger partial charge in [-0.15, -0.1) is 0 Å². The molecule has 0 aliphatic carbocycles. The first kappa shape index (κ1) is 23.1. The van der Waals surface area contributed by atoms with Crippen molar-refractivity contribution in [2.45, 2.75) is 31.7 Å². The first-order valence-electron chi connectivity index (χ1n) is 8.97. The Labute approximate surface area is 179 Å². The summed E-state index contributed by atoms with van der Waals surface area (Å²) in [6.07, 6.45) is 0. The highest BCUT2D eigenvalue weighted by molar-refractivity contribution is 9.10. The van der Waals surface area contributed by atoms with Crippen LogP contribution in [0.1, 0.15) is 29.7 Å². The Morgan fingerprint density at radius 1 is 1.00 bits per heavy atom. The van der Waals surface area contributed by atoms with Crippen LogP contribution in [0.2, 0.25) is 0 Å². The van der Waals surface area contributed by atoms with E-state index < -0.39 is 22.5 Å². The van der Waals surface area contributed by atoms with E-state index in [4.69, 9.17) is 0 Å². The van der Waals surface area contributed by atoms with E-state index in [1.165, 1.54) is 6.07 Å². The minimum Gasteiger partial charge on any atom is -0.348 e. The Balaban J connectivity index is 1.82. The predicted molar refractivity (Wildman–Crippen MR) is 115 cm³/mol. The van der Waals surface area contributed by atoms with Crippen molar-refractivity contribution >= 4 is 37.8 Å². The van der Waals surface area contributed by atoms with E-state index in [-0.39, 0.29) is 23.4 Å². The zero-order valence-corrected chi connectivity index (χ0v) is 18.9.